The van der Waals surface area contributed by atoms with Crippen molar-refractivity contribution in [3.63, 3.8) is 0 Å². The van der Waals surface area contributed by atoms with Crippen LogP contribution in [0.1, 0.15) is 17.2 Å². The van der Waals surface area contributed by atoms with Gasteiger partial charge in [0.05, 0.1) is 5.69 Å². The molecule has 0 N–H and O–H groups in total. The van der Waals surface area contributed by atoms with E-state index in [0.29, 0.717) is 11.5 Å². The van der Waals surface area contributed by atoms with Gasteiger partial charge in [0.25, 0.3) is 0 Å². The Morgan fingerprint density at radius 2 is 1.14 bits per heavy atom. The van der Waals surface area contributed by atoms with Crippen molar-refractivity contribution in [1.82, 2.24) is 4.57 Å². The van der Waals surface area contributed by atoms with Gasteiger partial charge in [0.15, 0.2) is 11.9 Å². The summed E-state index contributed by atoms with van der Waals surface area (Å²) in [6.45, 7) is -0.282. The fourth-order valence-electron chi connectivity index (χ4n) is 4.10. The second kappa shape index (κ2) is 10.1. The van der Waals surface area contributed by atoms with Gasteiger partial charge in [0.1, 0.15) is 6.54 Å². The van der Waals surface area contributed by atoms with E-state index in [0.717, 1.165) is 22.3 Å². The summed E-state index contributed by atoms with van der Waals surface area (Å²) < 4.78 is 12.9. The molecule has 5 aromatic rings. The highest BCUT2D eigenvalue weighted by atomic mass is 16.5. The van der Waals surface area contributed by atoms with Gasteiger partial charge in [-0.05, 0) is 11.1 Å². The highest BCUT2D eigenvalue weighted by Gasteiger charge is 2.24. The maximum atomic E-state index is 13.2. The molecule has 35 heavy (non-hydrogen) atoms. The van der Waals surface area contributed by atoms with Crippen molar-refractivity contribution in [3.8, 4) is 22.6 Å². The van der Waals surface area contributed by atoms with Crippen LogP contribution in [0.3, 0.4) is 0 Å². The van der Waals surface area contributed by atoms with Gasteiger partial charge in [-0.15, -0.1) is 0 Å². The van der Waals surface area contributed by atoms with Crippen LogP contribution in [0.4, 0.5) is 0 Å². The van der Waals surface area contributed by atoms with Crippen molar-refractivity contribution in [3.05, 3.63) is 143 Å². The SMILES string of the molecule is O=C(Cn1c(-c2ccccc2)c(-c2ccccc2)oc1=O)OC(c1ccccc1)c1ccccc1. The van der Waals surface area contributed by atoms with Gasteiger partial charge in [-0.2, -0.15) is 0 Å². The number of rotatable bonds is 7. The molecule has 1 heterocycles. The minimum absolute atomic E-state index is 0.282. The van der Waals surface area contributed by atoms with Gasteiger partial charge in [-0.3, -0.25) is 9.36 Å². The van der Waals surface area contributed by atoms with Crippen LogP contribution in [-0.2, 0) is 16.1 Å². The van der Waals surface area contributed by atoms with Crippen molar-refractivity contribution in [2.75, 3.05) is 0 Å². The topological polar surface area (TPSA) is 61.4 Å². The molecular weight excluding hydrogens is 438 g/mol. The lowest BCUT2D eigenvalue weighted by Crippen LogP contribution is -2.24. The number of ether oxygens (including phenoxy) is 1. The molecule has 172 valence electrons. The minimum atomic E-state index is -0.615. The minimum Gasteiger partial charge on any atom is -0.451 e. The molecule has 1 aromatic heterocycles. The fraction of sp³-hybridized carbons (Fsp3) is 0.0667. The smallest absolute Gasteiger partial charge is 0.420 e. The molecule has 0 amide bonds. The average Bonchev–Trinajstić information content (AvgIpc) is 3.25. The van der Waals surface area contributed by atoms with E-state index >= 15 is 0 Å². The summed E-state index contributed by atoms with van der Waals surface area (Å²) in [5, 5.41) is 0. The predicted molar refractivity (Wildman–Crippen MR) is 135 cm³/mol. The molecule has 0 aliphatic carbocycles. The third-order valence-electron chi connectivity index (χ3n) is 5.72. The van der Waals surface area contributed by atoms with Gasteiger partial charge in [0.2, 0.25) is 0 Å². The molecule has 5 nitrogen and oxygen atoms in total. The van der Waals surface area contributed by atoms with Crippen LogP contribution in [0.25, 0.3) is 22.6 Å². The van der Waals surface area contributed by atoms with E-state index in [1.165, 1.54) is 4.57 Å². The Morgan fingerprint density at radius 3 is 1.66 bits per heavy atom. The van der Waals surface area contributed by atoms with Crippen LogP contribution in [0.2, 0.25) is 0 Å². The Bertz CT molecular complexity index is 1420. The van der Waals surface area contributed by atoms with Gasteiger partial charge in [0, 0.05) is 11.1 Å². The summed E-state index contributed by atoms with van der Waals surface area (Å²) in [7, 11) is 0. The third kappa shape index (κ3) is 4.84. The Labute approximate surface area is 202 Å². The molecule has 0 unspecified atom stereocenters. The highest BCUT2D eigenvalue weighted by Crippen LogP contribution is 2.32. The number of aromatic nitrogens is 1. The zero-order valence-electron chi connectivity index (χ0n) is 18.9. The molecule has 0 fully saturated rings. The van der Waals surface area contributed by atoms with E-state index in [9.17, 15) is 9.59 Å². The first-order valence-corrected chi connectivity index (χ1v) is 11.3. The van der Waals surface area contributed by atoms with Gasteiger partial charge < -0.3 is 9.15 Å². The predicted octanol–water partition coefficient (Wildman–Crippen LogP) is 6.11. The van der Waals surface area contributed by atoms with E-state index in [1.807, 2.05) is 121 Å². The van der Waals surface area contributed by atoms with Gasteiger partial charge >= 0.3 is 11.7 Å². The molecule has 4 aromatic carbocycles. The standard InChI is InChI=1S/C30H23NO4/c32-26(34-28(23-15-7-2-8-16-23)24-17-9-3-10-18-24)21-31-27(22-13-5-1-6-14-22)29(35-30(31)33)25-19-11-4-12-20-25/h1-20,28H,21H2. The van der Waals surface area contributed by atoms with Crippen molar-refractivity contribution < 1.29 is 13.9 Å². The molecule has 0 bridgehead atoms. The number of carbonyl (C=O) groups excluding carboxylic acids is 1. The molecule has 0 radical (unpaired) electrons. The van der Waals surface area contributed by atoms with Crippen LogP contribution in [0.5, 0.6) is 0 Å². The number of benzene rings is 4. The quantitative estimate of drug-likeness (QED) is 0.275. The Morgan fingerprint density at radius 1 is 0.686 bits per heavy atom. The second-order valence-corrected chi connectivity index (χ2v) is 8.06. The molecule has 5 rings (SSSR count). The summed E-state index contributed by atoms with van der Waals surface area (Å²) >= 11 is 0. The molecular formula is C30H23NO4. The average molecular weight is 462 g/mol. The van der Waals surface area contributed by atoms with Crippen LogP contribution in [-0.4, -0.2) is 10.5 Å². The van der Waals surface area contributed by atoms with E-state index in [1.54, 1.807) is 0 Å². The van der Waals surface area contributed by atoms with Crippen molar-refractivity contribution in [2.24, 2.45) is 0 Å². The van der Waals surface area contributed by atoms with Crippen molar-refractivity contribution in [1.29, 1.82) is 0 Å². The lowest BCUT2D eigenvalue weighted by Gasteiger charge is -2.19. The van der Waals surface area contributed by atoms with Gasteiger partial charge in [-0.1, -0.05) is 121 Å². The first-order chi connectivity index (χ1) is 17.2. The molecule has 0 atom stereocenters. The summed E-state index contributed by atoms with van der Waals surface area (Å²) in [5.41, 5.74) is 3.75. The maximum Gasteiger partial charge on any atom is 0.420 e. The number of hydrogen-bond donors (Lipinski definition) is 0. The highest BCUT2D eigenvalue weighted by molar-refractivity contribution is 5.79. The van der Waals surface area contributed by atoms with Crippen molar-refractivity contribution >= 4 is 5.97 Å². The zero-order valence-corrected chi connectivity index (χ0v) is 18.9. The Hall–Kier alpha value is -4.64. The number of oxazole rings is 1. The normalized spacial score (nSPS) is 10.9. The summed E-state index contributed by atoms with van der Waals surface area (Å²) in [4.78, 5) is 26.2. The zero-order chi connectivity index (χ0) is 24.0. The van der Waals surface area contributed by atoms with E-state index in [4.69, 9.17) is 9.15 Å². The molecule has 0 aliphatic heterocycles. The van der Waals surface area contributed by atoms with E-state index in [2.05, 4.69) is 0 Å². The third-order valence-corrected chi connectivity index (χ3v) is 5.72. The largest absolute Gasteiger partial charge is 0.451 e. The second-order valence-electron chi connectivity index (χ2n) is 8.06. The molecule has 0 saturated heterocycles. The van der Waals surface area contributed by atoms with Crippen molar-refractivity contribution in [2.45, 2.75) is 12.6 Å². The van der Waals surface area contributed by atoms with Crippen LogP contribution in [0, 0.1) is 0 Å². The molecule has 0 aliphatic rings. The number of carbonyl (C=O) groups is 1. The number of esters is 1. The molecule has 0 spiro atoms. The Balaban J connectivity index is 1.52. The van der Waals surface area contributed by atoms with Gasteiger partial charge in [-0.25, -0.2) is 4.79 Å². The summed E-state index contributed by atoms with van der Waals surface area (Å²) in [5.74, 6) is -0.740. The van der Waals surface area contributed by atoms with Crippen LogP contribution in [0.15, 0.2) is 131 Å². The van der Waals surface area contributed by atoms with E-state index in [-0.39, 0.29) is 6.54 Å². The van der Waals surface area contributed by atoms with Crippen LogP contribution < -0.4 is 5.76 Å². The first-order valence-electron chi connectivity index (χ1n) is 11.3. The number of nitrogens with zero attached hydrogens (tertiary/aromatic N) is 1. The molecule has 5 heteroatoms. The monoisotopic (exact) mass is 461 g/mol. The van der Waals surface area contributed by atoms with E-state index < -0.39 is 17.8 Å². The summed E-state index contributed by atoms with van der Waals surface area (Å²) in [6, 6.07) is 37.9. The lowest BCUT2D eigenvalue weighted by molar-refractivity contribution is -0.148. The number of hydrogen-bond acceptors (Lipinski definition) is 4. The first kappa shape index (κ1) is 22.2. The summed E-state index contributed by atoms with van der Waals surface area (Å²) in [6.07, 6.45) is -0.596. The lowest BCUT2D eigenvalue weighted by atomic mass is 10.0. The maximum absolute atomic E-state index is 13.2. The fourth-order valence-corrected chi connectivity index (χ4v) is 4.10. The molecule has 0 saturated carbocycles. The Kier molecular flexibility index (Phi) is 6.39. The van der Waals surface area contributed by atoms with Crippen LogP contribution >= 0.6 is 0 Å².